The molecule has 0 unspecified atom stereocenters. The first-order valence-electron chi connectivity index (χ1n) is 6.82. The molecule has 1 N–H and O–H groups in total. The number of hydrogen-bond donors (Lipinski definition) is 1. The van der Waals surface area contributed by atoms with Crippen molar-refractivity contribution >= 4 is 11.7 Å². The zero-order valence-corrected chi connectivity index (χ0v) is 12.3. The summed E-state index contributed by atoms with van der Waals surface area (Å²) in [5.41, 5.74) is 1.91. The number of ether oxygens (including phenoxy) is 1. The van der Waals surface area contributed by atoms with Gasteiger partial charge in [-0.2, -0.15) is 0 Å². The number of amides is 1. The van der Waals surface area contributed by atoms with Crippen LogP contribution in [-0.2, 0) is 11.3 Å². The number of hydrogen-bond acceptors (Lipinski definition) is 3. The van der Waals surface area contributed by atoms with E-state index in [2.05, 4.69) is 11.9 Å². The minimum atomic E-state index is -0.276. The van der Waals surface area contributed by atoms with Crippen molar-refractivity contribution in [3.05, 3.63) is 77.9 Å². The summed E-state index contributed by atoms with van der Waals surface area (Å²) >= 11 is 0. The molecule has 2 aromatic carbocycles. The molecule has 4 heteroatoms. The predicted molar refractivity (Wildman–Crippen MR) is 84.9 cm³/mol. The van der Waals surface area contributed by atoms with Gasteiger partial charge in [0.15, 0.2) is 5.78 Å². The standard InChI is InChI=1S/C18H17NO3/c1-3-17(20)19-12-15-11-14(9-10-16(15)22-2)18(21)13-7-5-4-6-8-13/h3-11H,1,12H2,2H3,(H,19,20). The molecule has 0 bridgehead atoms. The van der Waals surface area contributed by atoms with Crippen molar-refractivity contribution in [1.29, 1.82) is 0 Å². The van der Waals surface area contributed by atoms with Crippen LogP contribution >= 0.6 is 0 Å². The summed E-state index contributed by atoms with van der Waals surface area (Å²) in [4.78, 5) is 23.7. The van der Waals surface area contributed by atoms with Gasteiger partial charge in [-0.05, 0) is 24.3 Å². The molecule has 1 amide bonds. The lowest BCUT2D eigenvalue weighted by Crippen LogP contribution is -2.20. The van der Waals surface area contributed by atoms with E-state index in [1.165, 1.54) is 6.08 Å². The van der Waals surface area contributed by atoms with Crippen LogP contribution in [0.4, 0.5) is 0 Å². The fourth-order valence-electron chi connectivity index (χ4n) is 2.07. The second kappa shape index (κ2) is 7.22. The average molecular weight is 295 g/mol. The van der Waals surface area contributed by atoms with E-state index in [1.807, 2.05) is 18.2 Å². The zero-order chi connectivity index (χ0) is 15.9. The highest BCUT2D eigenvalue weighted by molar-refractivity contribution is 6.09. The molecule has 0 aliphatic carbocycles. The molecule has 0 spiro atoms. The Bertz CT molecular complexity index is 693. The van der Waals surface area contributed by atoms with Gasteiger partial charge >= 0.3 is 0 Å². The van der Waals surface area contributed by atoms with Crippen molar-refractivity contribution < 1.29 is 14.3 Å². The van der Waals surface area contributed by atoms with E-state index >= 15 is 0 Å². The number of ketones is 1. The van der Waals surface area contributed by atoms with Crippen molar-refractivity contribution in [2.45, 2.75) is 6.54 Å². The lowest BCUT2D eigenvalue weighted by atomic mass is 10.0. The largest absolute Gasteiger partial charge is 0.496 e. The highest BCUT2D eigenvalue weighted by Crippen LogP contribution is 2.21. The summed E-state index contributed by atoms with van der Waals surface area (Å²) in [5.74, 6) is 0.273. The first-order chi connectivity index (χ1) is 10.7. The number of carbonyl (C=O) groups excluding carboxylic acids is 2. The van der Waals surface area contributed by atoms with Crippen LogP contribution < -0.4 is 10.1 Å². The Hall–Kier alpha value is -2.88. The molecular formula is C18H17NO3. The molecular weight excluding hydrogens is 278 g/mol. The van der Waals surface area contributed by atoms with Crippen molar-refractivity contribution in [2.75, 3.05) is 7.11 Å². The second-order valence-electron chi connectivity index (χ2n) is 4.64. The zero-order valence-electron chi connectivity index (χ0n) is 12.3. The molecule has 112 valence electrons. The molecule has 2 rings (SSSR count). The van der Waals surface area contributed by atoms with Crippen molar-refractivity contribution in [3.63, 3.8) is 0 Å². The van der Waals surface area contributed by atoms with Gasteiger partial charge < -0.3 is 10.1 Å². The maximum atomic E-state index is 12.4. The van der Waals surface area contributed by atoms with Gasteiger partial charge in [0.05, 0.1) is 7.11 Å². The van der Waals surface area contributed by atoms with Crippen LogP contribution in [0.2, 0.25) is 0 Å². The van der Waals surface area contributed by atoms with E-state index in [4.69, 9.17) is 4.74 Å². The average Bonchev–Trinajstić information content (AvgIpc) is 2.59. The molecule has 0 saturated heterocycles. The van der Waals surface area contributed by atoms with Crippen LogP contribution in [0.1, 0.15) is 21.5 Å². The van der Waals surface area contributed by atoms with Gasteiger partial charge in [0.1, 0.15) is 5.75 Å². The predicted octanol–water partition coefficient (Wildman–Crippen LogP) is 2.73. The van der Waals surface area contributed by atoms with Gasteiger partial charge in [-0.1, -0.05) is 36.9 Å². The SMILES string of the molecule is C=CC(=O)NCc1cc(C(=O)c2ccccc2)ccc1OC. The summed E-state index contributed by atoms with van der Waals surface area (Å²) in [6, 6.07) is 14.2. The minimum Gasteiger partial charge on any atom is -0.496 e. The van der Waals surface area contributed by atoms with Gasteiger partial charge in [-0.3, -0.25) is 9.59 Å². The normalized spacial score (nSPS) is 9.86. The van der Waals surface area contributed by atoms with E-state index in [-0.39, 0.29) is 18.2 Å². The topological polar surface area (TPSA) is 55.4 Å². The lowest BCUT2D eigenvalue weighted by Gasteiger charge is -2.11. The molecule has 0 heterocycles. The fourth-order valence-corrected chi connectivity index (χ4v) is 2.07. The maximum Gasteiger partial charge on any atom is 0.243 e. The smallest absolute Gasteiger partial charge is 0.243 e. The fraction of sp³-hybridized carbons (Fsp3) is 0.111. The lowest BCUT2D eigenvalue weighted by molar-refractivity contribution is -0.116. The molecule has 0 aromatic heterocycles. The number of methoxy groups -OCH3 is 1. The summed E-state index contributed by atoms with van der Waals surface area (Å²) in [6.45, 7) is 3.67. The molecule has 22 heavy (non-hydrogen) atoms. The third kappa shape index (κ3) is 3.61. The highest BCUT2D eigenvalue weighted by atomic mass is 16.5. The summed E-state index contributed by atoms with van der Waals surface area (Å²) in [5, 5.41) is 2.68. The third-order valence-corrected chi connectivity index (χ3v) is 3.22. The Kier molecular flexibility index (Phi) is 5.09. The molecule has 0 radical (unpaired) electrons. The number of nitrogens with one attached hydrogen (secondary N) is 1. The Morgan fingerprint density at radius 1 is 1.14 bits per heavy atom. The van der Waals surface area contributed by atoms with Gasteiger partial charge in [-0.25, -0.2) is 0 Å². The van der Waals surface area contributed by atoms with E-state index in [9.17, 15) is 9.59 Å². The van der Waals surface area contributed by atoms with E-state index in [1.54, 1.807) is 37.4 Å². The highest BCUT2D eigenvalue weighted by Gasteiger charge is 2.12. The monoisotopic (exact) mass is 295 g/mol. The van der Waals surface area contributed by atoms with Crippen LogP contribution in [0, 0.1) is 0 Å². The molecule has 2 aromatic rings. The van der Waals surface area contributed by atoms with Crippen LogP contribution in [0.3, 0.4) is 0 Å². The maximum absolute atomic E-state index is 12.4. The second-order valence-corrected chi connectivity index (χ2v) is 4.64. The van der Waals surface area contributed by atoms with E-state index < -0.39 is 0 Å². The van der Waals surface area contributed by atoms with E-state index in [0.717, 1.165) is 5.56 Å². The Labute approximate surface area is 129 Å². The van der Waals surface area contributed by atoms with Crippen LogP contribution in [-0.4, -0.2) is 18.8 Å². The Morgan fingerprint density at radius 3 is 2.50 bits per heavy atom. The quantitative estimate of drug-likeness (QED) is 0.658. The molecule has 0 saturated carbocycles. The summed E-state index contributed by atoms with van der Waals surface area (Å²) < 4.78 is 5.26. The minimum absolute atomic E-state index is 0.0699. The third-order valence-electron chi connectivity index (χ3n) is 3.22. The van der Waals surface area contributed by atoms with Crippen molar-refractivity contribution in [3.8, 4) is 5.75 Å². The number of benzene rings is 2. The number of rotatable bonds is 6. The molecule has 0 fully saturated rings. The summed E-state index contributed by atoms with van der Waals surface area (Å²) in [7, 11) is 1.55. The molecule has 4 nitrogen and oxygen atoms in total. The van der Waals surface area contributed by atoms with Gasteiger partial charge in [0.25, 0.3) is 0 Å². The summed E-state index contributed by atoms with van der Waals surface area (Å²) in [6.07, 6.45) is 1.20. The molecule has 0 atom stereocenters. The Balaban J connectivity index is 2.28. The van der Waals surface area contributed by atoms with Gasteiger partial charge in [-0.15, -0.1) is 0 Å². The van der Waals surface area contributed by atoms with Crippen LogP contribution in [0.25, 0.3) is 0 Å². The van der Waals surface area contributed by atoms with Gasteiger partial charge in [0.2, 0.25) is 5.91 Å². The first-order valence-corrected chi connectivity index (χ1v) is 6.82. The van der Waals surface area contributed by atoms with Crippen LogP contribution in [0.5, 0.6) is 5.75 Å². The van der Waals surface area contributed by atoms with Crippen molar-refractivity contribution in [2.24, 2.45) is 0 Å². The van der Waals surface area contributed by atoms with Gasteiger partial charge in [0, 0.05) is 23.2 Å². The number of carbonyl (C=O) groups is 2. The van der Waals surface area contributed by atoms with Crippen LogP contribution in [0.15, 0.2) is 61.2 Å². The molecule has 0 aliphatic heterocycles. The molecule has 0 aliphatic rings. The van der Waals surface area contributed by atoms with E-state index in [0.29, 0.717) is 16.9 Å². The van der Waals surface area contributed by atoms with Crippen molar-refractivity contribution in [1.82, 2.24) is 5.32 Å². The first kappa shape index (κ1) is 15.5. The Morgan fingerprint density at radius 2 is 1.86 bits per heavy atom.